The summed E-state index contributed by atoms with van der Waals surface area (Å²) in [6, 6.07) is 0. The number of aryl methyl sites for hydroxylation is 2. The Morgan fingerprint density at radius 1 is 1.48 bits per heavy atom. The van der Waals surface area contributed by atoms with Crippen molar-refractivity contribution in [2.45, 2.75) is 32.0 Å². The molecular weight excluding hydrogens is 312 g/mol. The Labute approximate surface area is 130 Å². The molecule has 0 amide bonds. The van der Waals surface area contributed by atoms with Crippen molar-refractivity contribution in [3.63, 3.8) is 0 Å². The predicted molar refractivity (Wildman–Crippen MR) is 86.2 cm³/mol. The number of H-pyrrole nitrogens is 1. The van der Waals surface area contributed by atoms with Crippen molar-refractivity contribution in [3.8, 4) is 0 Å². The molecule has 2 heterocycles. The molecule has 2 aromatic rings. The summed E-state index contributed by atoms with van der Waals surface area (Å²) in [6.07, 6.45) is 2.75. The first kappa shape index (κ1) is 15.9. The highest BCUT2D eigenvalue weighted by molar-refractivity contribution is 7.99. The van der Waals surface area contributed by atoms with Gasteiger partial charge < -0.3 is 4.57 Å². The number of nitrogens with zero attached hydrogens (tertiary/aromatic N) is 3. The van der Waals surface area contributed by atoms with Crippen LogP contribution in [0.4, 0.5) is 0 Å². The van der Waals surface area contributed by atoms with Crippen LogP contribution in [0.1, 0.15) is 20.3 Å². The number of allylic oxidation sites excluding steroid dienone is 1. The zero-order valence-electron chi connectivity index (χ0n) is 12.1. The van der Waals surface area contributed by atoms with Gasteiger partial charge in [-0.3, -0.25) is 14.3 Å². The van der Waals surface area contributed by atoms with Gasteiger partial charge in [-0.25, -0.2) is 9.78 Å². The lowest BCUT2D eigenvalue weighted by molar-refractivity contribution is 0.636. The highest BCUT2D eigenvalue weighted by Gasteiger charge is 2.16. The van der Waals surface area contributed by atoms with Gasteiger partial charge in [-0.1, -0.05) is 36.4 Å². The highest BCUT2D eigenvalue weighted by Crippen LogP contribution is 2.22. The van der Waals surface area contributed by atoms with Crippen LogP contribution in [0, 0.1) is 0 Å². The number of fused-ring (bicyclic) bond motifs is 1. The van der Waals surface area contributed by atoms with E-state index in [9.17, 15) is 9.59 Å². The van der Waals surface area contributed by atoms with Gasteiger partial charge in [0.05, 0.1) is 0 Å². The monoisotopic (exact) mass is 328 g/mol. The number of aromatic nitrogens is 4. The Morgan fingerprint density at radius 2 is 2.19 bits per heavy atom. The van der Waals surface area contributed by atoms with Crippen molar-refractivity contribution in [3.05, 3.63) is 31.9 Å². The fraction of sp³-hybridized carbons (Fsp3) is 0.462. The summed E-state index contributed by atoms with van der Waals surface area (Å²) >= 11 is 7.30. The van der Waals surface area contributed by atoms with E-state index in [1.165, 1.54) is 16.3 Å². The van der Waals surface area contributed by atoms with Gasteiger partial charge in [-0.15, -0.1) is 0 Å². The molecule has 0 fully saturated rings. The summed E-state index contributed by atoms with van der Waals surface area (Å²) in [5.41, 5.74) is -0.00837. The summed E-state index contributed by atoms with van der Waals surface area (Å²) in [7, 11) is 1.60. The zero-order chi connectivity index (χ0) is 15.6. The molecule has 114 valence electrons. The van der Waals surface area contributed by atoms with Gasteiger partial charge in [0.25, 0.3) is 5.56 Å². The average molecular weight is 329 g/mol. The Kier molecular flexibility index (Phi) is 4.95. The van der Waals surface area contributed by atoms with Gasteiger partial charge in [0.1, 0.15) is 0 Å². The minimum Gasteiger partial charge on any atom is -0.313 e. The van der Waals surface area contributed by atoms with E-state index in [-0.39, 0.29) is 0 Å². The fourth-order valence-corrected chi connectivity index (χ4v) is 3.13. The molecule has 0 aliphatic heterocycles. The molecule has 0 saturated carbocycles. The number of nitrogens with one attached hydrogen (secondary N) is 1. The minimum atomic E-state index is -0.457. The van der Waals surface area contributed by atoms with E-state index >= 15 is 0 Å². The predicted octanol–water partition coefficient (Wildman–Crippen LogP) is 2.07. The van der Waals surface area contributed by atoms with Crippen LogP contribution in [-0.2, 0) is 13.6 Å². The molecule has 0 saturated heterocycles. The molecule has 8 heteroatoms. The van der Waals surface area contributed by atoms with Crippen LogP contribution >= 0.6 is 23.4 Å². The molecule has 0 radical (unpaired) electrons. The van der Waals surface area contributed by atoms with Crippen molar-refractivity contribution >= 4 is 34.5 Å². The maximum absolute atomic E-state index is 12.1. The first-order valence-electron chi connectivity index (χ1n) is 6.60. The molecule has 6 nitrogen and oxygen atoms in total. The third-order valence-electron chi connectivity index (χ3n) is 3.00. The van der Waals surface area contributed by atoms with Crippen molar-refractivity contribution in [1.82, 2.24) is 19.1 Å². The summed E-state index contributed by atoms with van der Waals surface area (Å²) in [5.74, 6) is 0.661. The maximum Gasteiger partial charge on any atom is 0.329 e. The van der Waals surface area contributed by atoms with Gasteiger partial charge in [0, 0.05) is 24.4 Å². The summed E-state index contributed by atoms with van der Waals surface area (Å²) in [4.78, 5) is 30.5. The van der Waals surface area contributed by atoms with Crippen LogP contribution in [0.25, 0.3) is 11.2 Å². The molecule has 0 bridgehead atoms. The van der Waals surface area contributed by atoms with Crippen LogP contribution in [0.5, 0.6) is 0 Å². The molecule has 0 unspecified atom stereocenters. The molecule has 0 aliphatic carbocycles. The second kappa shape index (κ2) is 6.53. The molecule has 1 N–H and O–H groups in total. The normalized spacial score (nSPS) is 12.3. The van der Waals surface area contributed by atoms with E-state index in [1.54, 1.807) is 7.05 Å². The third-order valence-corrected chi connectivity index (χ3v) is 4.05. The molecule has 21 heavy (non-hydrogen) atoms. The van der Waals surface area contributed by atoms with E-state index < -0.39 is 11.2 Å². The quantitative estimate of drug-likeness (QED) is 0.853. The Bertz CT molecular complexity index is 799. The number of aromatic amines is 1. The van der Waals surface area contributed by atoms with Crippen LogP contribution in [-0.4, -0.2) is 24.9 Å². The maximum atomic E-state index is 12.1. The number of halogens is 1. The average Bonchev–Trinajstić information content (AvgIpc) is 2.76. The van der Waals surface area contributed by atoms with E-state index in [1.807, 2.05) is 24.5 Å². The Hall–Kier alpha value is -1.47. The summed E-state index contributed by atoms with van der Waals surface area (Å²) < 4.78 is 3.21. The lowest BCUT2D eigenvalue weighted by Gasteiger charge is -2.05. The Morgan fingerprint density at radius 3 is 2.81 bits per heavy atom. The van der Waals surface area contributed by atoms with Gasteiger partial charge >= 0.3 is 5.69 Å². The number of hydrogen-bond acceptors (Lipinski definition) is 4. The lowest BCUT2D eigenvalue weighted by Crippen LogP contribution is -2.29. The molecule has 0 atom stereocenters. The second-order valence-corrected chi connectivity index (χ2v) is 6.22. The van der Waals surface area contributed by atoms with Gasteiger partial charge in [0.15, 0.2) is 16.3 Å². The van der Waals surface area contributed by atoms with E-state index in [4.69, 9.17) is 11.6 Å². The zero-order valence-corrected chi connectivity index (χ0v) is 13.7. The second-order valence-electron chi connectivity index (χ2n) is 4.64. The topological polar surface area (TPSA) is 72.7 Å². The largest absolute Gasteiger partial charge is 0.329 e. The van der Waals surface area contributed by atoms with Crippen LogP contribution in [0.2, 0.25) is 0 Å². The lowest BCUT2D eigenvalue weighted by atomic mass is 10.4. The van der Waals surface area contributed by atoms with Gasteiger partial charge in [-0.05, 0) is 13.3 Å². The fourth-order valence-electron chi connectivity index (χ4n) is 1.99. The number of hydrogen-bond donors (Lipinski definition) is 1. The minimum absolute atomic E-state index is 0.398. The van der Waals surface area contributed by atoms with Crippen LogP contribution < -0.4 is 11.2 Å². The molecule has 0 aliphatic rings. The molecule has 2 aromatic heterocycles. The smallest absolute Gasteiger partial charge is 0.313 e. The standard InChI is InChI=1S/C13H17ClN4O2S/c1-4-6-18-9-10(17(3)12(20)16-11(9)19)15-13(18)21-7-5-8(2)14/h5H,4,6-7H2,1-3H3,(H,16,19,20)/b8-5-. The van der Waals surface area contributed by atoms with Crippen molar-refractivity contribution in [1.29, 1.82) is 0 Å². The van der Waals surface area contributed by atoms with Crippen molar-refractivity contribution in [2.24, 2.45) is 7.05 Å². The molecule has 2 rings (SSSR count). The number of imidazole rings is 1. The van der Waals surface area contributed by atoms with Gasteiger partial charge in [-0.2, -0.15) is 0 Å². The number of rotatable bonds is 5. The third kappa shape index (κ3) is 3.24. The van der Waals surface area contributed by atoms with Crippen molar-refractivity contribution in [2.75, 3.05) is 5.75 Å². The first-order chi connectivity index (χ1) is 9.95. The SMILES string of the molecule is CCCn1c(SC/C=C(/C)Cl)nc2c1c(=O)[nH]c(=O)n2C. The first-order valence-corrected chi connectivity index (χ1v) is 7.96. The molecule has 0 aromatic carbocycles. The van der Waals surface area contributed by atoms with E-state index in [0.717, 1.165) is 6.42 Å². The van der Waals surface area contributed by atoms with Gasteiger partial charge in [0.2, 0.25) is 0 Å². The van der Waals surface area contributed by atoms with E-state index in [0.29, 0.717) is 33.7 Å². The Balaban J connectivity index is 2.60. The van der Waals surface area contributed by atoms with Crippen molar-refractivity contribution < 1.29 is 0 Å². The highest BCUT2D eigenvalue weighted by atomic mass is 35.5. The summed E-state index contributed by atoms with van der Waals surface area (Å²) in [6.45, 7) is 4.51. The van der Waals surface area contributed by atoms with Crippen LogP contribution in [0.15, 0.2) is 25.9 Å². The summed E-state index contributed by atoms with van der Waals surface area (Å²) in [5, 5.41) is 1.43. The number of thioether (sulfide) groups is 1. The molecular formula is C13H17ClN4O2S. The van der Waals surface area contributed by atoms with E-state index in [2.05, 4.69) is 9.97 Å². The molecule has 0 spiro atoms. The van der Waals surface area contributed by atoms with Crippen LogP contribution in [0.3, 0.4) is 0 Å².